The molecule has 0 aromatic heterocycles. The summed E-state index contributed by atoms with van der Waals surface area (Å²) < 4.78 is 61.6. The number of unbranched alkanes of at least 4 members (excludes halogenated alkanes) is 32. The van der Waals surface area contributed by atoms with Gasteiger partial charge >= 0.3 is 33.6 Å². The molecule has 0 rings (SSSR count). The van der Waals surface area contributed by atoms with Crippen molar-refractivity contribution in [3.63, 3.8) is 0 Å². The maximum Gasteiger partial charge on any atom is 0.472 e. The molecule has 0 aromatic carbocycles. The van der Waals surface area contributed by atoms with Crippen LogP contribution < -0.4 is 0 Å². The summed E-state index contributed by atoms with van der Waals surface area (Å²) in [5.41, 5.74) is 0. The van der Waals surface area contributed by atoms with Gasteiger partial charge in [0.2, 0.25) is 0 Å². The van der Waals surface area contributed by atoms with Gasteiger partial charge in [0.25, 0.3) is 0 Å². The number of carbonyl (C=O) groups excluding carboxylic acids is 3. The Bertz CT molecular complexity index is 3150. The topological polar surface area (TPSA) is 231 Å². The van der Waals surface area contributed by atoms with Gasteiger partial charge in [-0.05, 0) is 173 Å². The molecule has 4 N–H and O–H groups in total. The van der Waals surface area contributed by atoms with Crippen molar-refractivity contribution < 1.29 is 75.8 Å². The van der Waals surface area contributed by atoms with E-state index in [1.807, 2.05) is 0 Å². The lowest BCUT2D eigenvalue weighted by Gasteiger charge is -2.21. The Morgan fingerprint density at radius 2 is 0.400 bits per heavy atom. The van der Waals surface area contributed by atoms with E-state index in [0.717, 1.165) is 193 Å². The van der Waals surface area contributed by atoms with Crippen LogP contribution in [0.1, 0.15) is 380 Å². The summed E-state index contributed by atoms with van der Waals surface area (Å²) in [5, 5.41) is 20.8. The van der Waals surface area contributed by atoms with Gasteiger partial charge in [0, 0.05) is 19.3 Å². The molecule has 710 valence electrons. The quantitative estimate of drug-likeness (QED) is 0.0146. The normalized spacial score (nSPS) is 14.6. The van der Waals surface area contributed by atoms with Crippen LogP contribution in [0.25, 0.3) is 0 Å². The van der Waals surface area contributed by atoms with Crippen molar-refractivity contribution in [2.75, 3.05) is 39.6 Å². The number of rotatable bonds is 91. The fourth-order valence-corrected chi connectivity index (χ4v) is 14.5. The lowest BCUT2D eigenvalue weighted by Crippen LogP contribution is -2.30. The number of aliphatic hydroxyl groups is 2. The van der Waals surface area contributed by atoms with E-state index in [0.29, 0.717) is 19.3 Å². The number of esters is 3. The Labute approximate surface area is 762 Å². The molecule has 0 aliphatic heterocycles. The number of hydrogen-bond donors (Lipinski definition) is 4. The van der Waals surface area contributed by atoms with Crippen LogP contribution in [-0.4, -0.2) is 95.9 Å². The van der Waals surface area contributed by atoms with Crippen LogP contribution >= 0.6 is 15.6 Å². The predicted molar refractivity (Wildman–Crippen MR) is 527 cm³/mol. The van der Waals surface area contributed by atoms with Crippen molar-refractivity contribution in [1.82, 2.24) is 0 Å². The highest BCUT2D eigenvalue weighted by molar-refractivity contribution is 7.47. The summed E-state index contributed by atoms with van der Waals surface area (Å²) in [7, 11) is -9.83. The molecule has 0 spiro atoms. The number of ether oxygens (including phenoxy) is 3. The molecular formula is C107H176O16P2. The van der Waals surface area contributed by atoms with E-state index in [2.05, 4.69) is 240 Å². The highest BCUT2D eigenvalue weighted by Gasteiger charge is 2.30. The first-order valence-corrected chi connectivity index (χ1v) is 52.0. The zero-order chi connectivity index (χ0) is 90.7. The van der Waals surface area contributed by atoms with Crippen LogP contribution in [0.5, 0.6) is 0 Å². The molecule has 0 heterocycles. The lowest BCUT2D eigenvalue weighted by molar-refractivity contribution is -0.161. The van der Waals surface area contributed by atoms with Gasteiger partial charge in [0.15, 0.2) is 6.10 Å². The van der Waals surface area contributed by atoms with Crippen LogP contribution in [0.2, 0.25) is 0 Å². The summed E-state index contributed by atoms with van der Waals surface area (Å²) in [4.78, 5) is 59.1. The largest absolute Gasteiger partial charge is 0.472 e. The molecule has 0 radical (unpaired) electrons. The smallest absolute Gasteiger partial charge is 0.463 e. The van der Waals surface area contributed by atoms with E-state index in [4.69, 9.17) is 32.3 Å². The minimum absolute atomic E-state index is 0.0673. The molecular weight excluding hydrogens is 1600 g/mol. The molecule has 0 saturated heterocycles. The summed E-state index contributed by atoms with van der Waals surface area (Å²) in [6, 6.07) is 0. The first-order valence-electron chi connectivity index (χ1n) is 49.0. The predicted octanol–water partition coefficient (Wildman–Crippen LogP) is 30.9. The number of carbonyl (C=O) groups is 3. The Morgan fingerprint density at radius 3 is 0.632 bits per heavy atom. The zero-order valence-electron chi connectivity index (χ0n) is 78.4. The van der Waals surface area contributed by atoms with E-state index in [1.165, 1.54) is 128 Å². The van der Waals surface area contributed by atoms with Crippen molar-refractivity contribution in [3.05, 3.63) is 219 Å². The van der Waals surface area contributed by atoms with Crippen LogP contribution in [0.15, 0.2) is 219 Å². The number of phosphoric ester groups is 2. The van der Waals surface area contributed by atoms with Gasteiger partial charge in [-0.15, -0.1) is 0 Å². The fourth-order valence-electron chi connectivity index (χ4n) is 12.9. The molecule has 0 aromatic rings. The minimum atomic E-state index is -4.96. The minimum Gasteiger partial charge on any atom is -0.463 e. The third-order valence-corrected chi connectivity index (χ3v) is 22.1. The molecule has 0 aliphatic carbocycles. The first kappa shape index (κ1) is 119. The van der Waals surface area contributed by atoms with Gasteiger partial charge in [-0.2, -0.15) is 0 Å². The van der Waals surface area contributed by atoms with E-state index >= 15 is 0 Å². The fraction of sp³-hybridized carbons (Fsp3) is 0.636. The third kappa shape index (κ3) is 98.3. The zero-order valence-corrected chi connectivity index (χ0v) is 80.2. The molecule has 0 fully saturated rings. The maximum atomic E-state index is 13.1. The van der Waals surface area contributed by atoms with Gasteiger partial charge in [-0.25, -0.2) is 9.13 Å². The summed E-state index contributed by atoms with van der Waals surface area (Å²) in [5.74, 6) is -1.61. The van der Waals surface area contributed by atoms with E-state index < -0.39 is 91.5 Å². The second-order valence-electron chi connectivity index (χ2n) is 32.1. The first-order chi connectivity index (χ1) is 61.2. The molecule has 18 heteroatoms. The van der Waals surface area contributed by atoms with Crippen molar-refractivity contribution in [2.45, 2.75) is 399 Å². The van der Waals surface area contributed by atoms with Crippen molar-refractivity contribution in [3.8, 4) is 0 Å². The lowest BCUT2D eigenvalue weighted by atomic mass is 10.0. The van der Waals surface area contributed by atoms with Gasteiger partial charge in [-0.3, -0.25) is 32.5 Å². The Hall–Kier alpha value is -6.13. The maximum absolute atomic E-state index is 13.1. The number of aliphatic hydroxyl groups excluding tert-OH is 2. The molecule has 0 bridgehead atoms. The molecule has 0 amide bonds. The monoisotopic (exact) mass is 1780 g/mol. The van der Waals surface area contributed by atoms with E-state index in [-0.39, 0.29) is 19.3 Å². The van der Waals surface area contributed by atoms with Crippen LogP contribution in [0, 0.1) is 0 Å². The second-order valence-corrected chi connectivity index (χ2v) is 35.0. The second kappa shape index (κ2) is 96.9. The highest BCUT2D eigenvalue weighted by atomic mass is 31.2. The molecule has 5 unspecified atom stereocenters. The molecule has 16 nitrogen and oxygen atoms in total. The van der Waals surface area contributed by atoms with Crippen molar-refractivity contribution in [1.29, 1.82) is 0 Å². The van der Waals surface area contributed by atoms with E-state index in [9.17, 15) is 43.5 Å². The Kier molecular flexibility index (Phi) is 92.2. The SMILES string of the molecule is CC/C=C\C/C=C\C/C=C\C/C=C\C/C=C\C/C=C\CCCCCCCCCCCCCCCCCCC(=O)OCC(O)COP(=O)(O)OCC(O)COP(=O)(O)OCC(COC(=O)CCCCCCCCCCCCCC/C=C\C/C=C\C/C=C\C/C=C\C/C=C\C/C=C\CC)OC(=O)CCCCCC/C=C\C/C=C\C/C=C\C/C=C\C/C=C\C/C=C\CC. The number of phosphoric acid groups is 2. The standard InChI is InChI=1S/C107H176O16P2/c1-4-7-10-13-16-19-22-25-28-31-34-37-40-42-44-46-48-49-50-51-53-55-56-58-61-63-66-69-72-75-78-81-84-87-90-93-105(110)117-96-102(108)97-119-124(113,114)120-98-103(109)99-121-125(115,116)122-101-104(123-107(112)95-92-89-86-83-80-77-74-71-68-65-60-39-36-33-30-27-24-21-18-15-12-9-6-3)100-118-106(111)94-91-88-85-82-79-76-73-70-67-64-62-59-57-54-52-47-45-43-41-38-35-32-29-26-23-20-17-14-11-8-5-2/h7-12,16-21,25-30,34-39,42-45,48-49,52,54,65,68,74,77,102-104,108-109H,4-6,13-15,22-24,31-33,40-41,46-47,50-51,53,55-64,66-67,69-73,75-76,78-101H2,1-3H3,(H,113,114)(H,115,116)/b10-7-,11-8-,12-9-,19-16-,20-17-,21-18-,28-25-,29-26-,30-27-,37-34-,38-35-,39-36-,44-42-,45-43-,49-48-,54-52-,68-65-,77-74-. The molecule has 0 saturated carbocycles. The van der Waals surface area contributed by atoms with Gasteiger partial charge in [0.1, 0.15) is 25.4 Å². The van der Waals surface area contributed by atoms with Gasteiger partial charge in [0.05, 0.1) is 26.4 Å². The molecule has 5 atom stereocenters. The van der Waals surface area contributed by atoms with Crippen molar-refractivity contribution >= 4 is 33.6 Å². The van der Waals surface area contributed by atoms with Crippen LogP contribution in [0.4, 0.5) is 0 Å². The molecule has 125 heavy (non-hydrogen) atoms. The van der Waals surface area contributed by atoms with E-state index in [1.54, 1.807) is 0 Å². The molecule has 0 aliphatic rings. The summed E-state index contributed by atoms with van der Waals surface area (Å²) in [6.45, 7) is 2.34. The van der Waals surface area contributed by atoms with Gasteiger partial charge in [-0.1, -0.05) is 406 Å². The number of hydrogen-bond acceptors (Lipinski definition) is 14. The average Bonchev–Trinajstić information content (AvgIpc) is 0.902. The van der Waals surface area contributed by atoms with Crippen LogP contribution in [-0.2, 0) is 55.8 Å². The van der Waals surface area contributed by atoms with Gasteiger partial charge < -0.3 is 34.2 Å². The highest BCUT2D eigenvalue weighted by Crippen LogP contribution is 2.45. The summed E-state index contributed by atoms with van der Waals surface area (Å²) >= 11 is 0. The Balaban J connectivity index is 4.61. The summed E-state index contributed by atoms with van der Waals surface area (Å²) in [6.07, 6.45) is 133. The number of allylic oxidation sites excluding steroid dienone is 36. The average molecular weight is 1780 g/mol. The third-order valence-electron chi connectivity index (χ3n) is 20.2. The van der Waals surface area contributed by atoms with Crippen LogP contribution in [0.3, 0.4) is 0 Å². The van der Waals surface area contributed by atoms with Crippen molar-refractivity contribution in [2.24, 2.45) is 0 Å². The Morgan fingerprint density at radius 1 is 0.224 bits per heavy atom.